The minimum atomic E-state index is -1.05. The van der Waals surface area contributed by atoms with E-state index in [-0.39, 0.29) is 11.6 Å². The van der Waals surface area contributed by atoms with Crippen molar-refractivity contribution in [2.45, 2.75) is 33.1 Å². The lowest BCUT2D eigenvalue weighted by molar-refractivity contribution is 0.0691. The molecule has 1 N–H and O–H groups in total. The maximum Gasteiger partial charge on any atom is 0.356 e. The Labute approximate surface area is 111 Å². The van der Waals surface area contributed by atoms with Gasteiger partial charge in [0.2, 0.25) is 0 Å². The normalized spacial score (nSPS) is 10.9. The van der Waals surface area contributed by atoms with Gasteiger partial charge in [-0.2, -0.15) is 0 Å². The fourth-order valence-corrected chi connectivity index (χ4v) is 1.63. The number of rotatable bonds is 4. The van der Waals surface area contributed by atoms with Crippen LogP contribution in [0.4, 0.5) is 0 Å². The topological polar surface area (TPSA) is 80.9 Å². The van der Waals surface area contributed by atoms with Gasteiger partial charge < -0.3 is 5.11 Å². The van der Waals surface area contributed by atoms with Crippen LogP contribution in [0.2, 0.25) is 0 Å². The van der Waals surface area contributed by atoms with Crippen molar-refractivity contribution in [3.05, 3.63) is 35.8 Å². The molecular formula is C13H16N4O2. The molecule has 2 aromatic heterocycles. The number of imidazole rings is 1. The summed E-state index contributed by atoms with van der Waals surface area (Å²) in [6, 6.07) is 1.85. The van der Waals surface area contributed by atoms with Gasteiger partial charge in [0.25, 0.3) is 0 Å². The van der Waals surface area contributed by atoms with Gasteiger partial charge >= 0.3 is 5.97 Å². The lowest BCUT2D eigenvalue weighted by atomic mass is 10.2. The first-order chi connectivity index (χ1) is 9.01. The lowest BCUT2D eigenvalue weighted by Crippen LogP contribution is -2.06. The van der Waals surface area contributed by atoms with Gasteiger partial charge in [0, 0.05) is 23.9 Å². The molecule has 19 heavy (non-hydrogen) atoms. The Balaban J connectivity index is 2.47. The van der Waals surface area contributed by atoms with E-state index in [0.717, 1.165) is 17.9 Å². The second kappa shape index (κ2) is 5.17. The van der Waals surface area contributed by atoms with E-state index in [1.165, 1.54) is 12.5 Å². The van der Waals surface area contributed by atoms with Crippen LogP contribution in [0.5, 0.6) is 0 Å². The highest BCUT2D eigenvalue weighted by Gasteiger charge is 2.11. The molecule has 2 aromatic rings. The van der Waals surface area contributed by atoms with E-state index in [9.17, 15) is 4.79 Å². The summed E-state index contributed by atoms with van der Waals surface area (Å²) in [5.74, 6) is 0.566. The van der Waals surface area contributed by atoms with E-state index in [2.05, 4.69) is 15.0 Å². The van der Waals surface area contributed by atoms with Gasteiger partial charge in [-0.25, -0.2) is 19.7 Å². The number of hydrogen-bond acceptors (Lipinski definition) is 4. The SMILES string of the molecule is CCc1cc(-n2cnc(C(=O)O)c2)nc(C(C)C)n1. The molecule has 100 valence electrons. The quantitative estimate of drug-likeness (QED) is 0.909. The summed E-state index contributed by atoms with van der Waals surface area (Å²) < 4.78 is 1.61. The average molecular weight is 260 g/mol. The van der Waals surface area contributed by atoms with Gasteiger partial charge in [-0.1, -0.05) is 20.8 Å². The maximum absolute atomic E-state index is 10.8. The Bertz CT molecular complexity index is 604. The molecule has 0 fully saturated rings. The summed E-state index contributed by atoms with van der Waals surface area (Å²) in [4.78, 5) is 23.6. The molecule has 6 heteroatoms. The fraction of sp³-hybridized carbons (Fsp3) is 0.385. The van der Waals surface area contributed by atoms with Crippen LogP contribution < -0.4 is 0 Å². The summed E-state index contributed by atoms with van der Waals surface area (Å²) in [5, 5.41) is 8.88. The zero-order chi connectivity index (χ0) is 14.0. The maximum atomic E-state index is 10.8. The first kappa shape index (κ1) is 13.2. The number of carboxylic acids is 1. The zero-order valence-corrected chi connectivity index (χ0v) is 11.2. The highest BCUT2D eigenvalue weighted by atomic mass is 16.4. The molecule has 0 bridgehead atoms. The number of aromatic carboxylic acids is 1. The Morgan fingerprint density at radius 1 is 1.42 bits per heavy atom. The van der Waals surface area contributed by atoms with Crippen molar-refractivity contribution in [3.8, 4) is 5.82 Å². The molecule has 0 aliphatic heterocycles. The van der Waals surface area contributed by atoms with E-state index in [1.54, 1.807) is 4.57 Å². The number of aryl methyl sites for hydroxylation is 1. The van der Waals surface area contributed by atoms with Crippen molar-refractivity contribution >= 4 is 5.97 Å². The Kier molecular flexibility index (Phi) is 3.59. The van der Waals surface area contributed by atoms with Crippen LogP contribution >= 0.6 is 0 Å². The molecule has 0 saturated heterocycles. The molecule has 2 heterocycles. The molecule has 0 radical (unpaired) electrons. The molecular weight excluding hydrogens is 244 g/mol. The minimum Gasteiger partial charge on any atom is -0.476 e. The lowest BCUT2D eigenvalue weighted by Gasteiger charge is -2.09. The Morgan fingerprint density at radius 3 is 2.68 bits per heavy atom. The van der Waals surface area contributed by atoms with E-state index in [4.69, 9.17) is 5.11 Å². The fourth-order valence-electron chi connectivity index (χ4n) is 1.63. The summed E-state index contributed by atoms with van der Waals surface area (Å²) >= 11 is 0. The van der Waals surface area contributed by atoms with Crippen molar-refractivity contribution in [1.82, 2.24) is 19.5 Å². The van der Waals surface area contributed by atoms with E-state index < -0.39 is 5.97 Å². The molecule has 0 unspecified atom stereocenters. The van der Waals surface area contributed by atoms with Crippen LogP contribution in [0.3, 0.4) is 0 Å². The Morgan fingerprint density at radius 2 is 2.16 bits per heavy atom. The van der Waals surface area contributed by atoms with Crippen molar-refractivity contribution in [2.24, 2.45) is 0 Å². The molecule has 0 aliphatic carbocycles. The van der Waals surface area contributed by atoms with Crippen molar-refractivity contribution < 1.29 is 9.90 Å². The highest BCUT2D eigenvalue weighted by Crippen LogP contribution is 2.14. The van der Waals surface area contributed by atoms with Gasteiger partial charge in [-0.15, -0.1) is 0 Å². The van der Waals surface area contributed by atoms with Crippen LogP contribution in [0.25, 0.3) is 5.82 Å². The van der Waals surface area contributed by atoms with Crippen LogP contribution in [0.1, 0.15) is 48.7 Å². The van der Waals surface area contributed by atoms with E-state index in [0.29, 0.717) is 5.82 Å². The predicted molar refractivity (Wildman–Crippen MR) is 69.6 cm³/mol. The predicted octanol–water partition coefficient (Wildman–Crippen LogP) is 2.05. The number of hydrogen-bond donors (Lipinski definition) is 1. The van der Waals surface area contributed by atoms with Gasteiger partial charge in [0.15, 0.2) is 5.69 Å². The first-order valence-electron chi connectivity index (χ1n) is 6.16. The van der Waals surface area contributed by atoms with Crippen molar-refractivity contribution in [3.63, 3.8) is 0 Å². The molecule has 0 saturated carbocycles. The molecule has 2 rings (SSSR count). The third-order valence-corrected chi connectivity index (χ3v) is 2.73. The standard InChI is InChI=1S/C13H16N4O2/c1-4-9-5-11(16-12(15-9)8(2)3)17-6-10(13(18)19)14-7-17/h5-8H,4H2,1-3H3,(H,18,19). The summed E-state index contributed by atoms with van der Waals surface area (Å²) in [5.41, 5.74) is 0.932. The molecule has 0 spiro atoms. The number of carboxylic acid groups (broad SMARTS) is 1. The first-order valence-corrected chi connectivity index (χ1v) is 6.16. The second-order valence-electron chi connectivity index (χ2n) is 4.56. The third-order valence-electron chi connectivity index (χ3n) is 2.73. The molecule has 6 nitrogen and oxygen atoms in total. The zero-order valence-electron chi connectivity index (χ0n) is 11.2. The van der Waals surface area contributed by atoms with Crippen LogP contribution in [-0.4, -0.2) is 30.6 Å². The van der Waals surface area contributed by atoms with Crippen molar-refractivity contribution in [2.75, 3.05) is 0 Å². The largest absolute Gasteiger partial charge is 0.476 e. The van der Waals surface area contributed by atoms with Crippen molar-refractivity contribution in [1.29, 1.82) is 0 Å². The van der Waals surface area contributed by atoms with Crippen LogP contribution in [0.15, 0.2) is 18.6 Å². The van der Waals surface area contributed by atoms with Crippen LogP contribution in [-0.2, 0) is 6.42 Å². The summed E-state index contributed by atoms with van der Waals surface area (Å²) in [6.07, 6.45) is 3.71. The minimum absolute atomic E-state index is 0.00255. The smallest absolute Gasteiger partial charge is 0.356 e. The molecule has 0 aliphatic rings. The monoisotopic (exact) mass is 260 g/mol. The van der Waals surface area contributed by atoms with E-state index in [1.807, 2.05) is 26.8 Å². The second-order valence-corrected chi connectivity index (χ2v) is 4.56. The third kappa shape index (κ3) is 2.78. The highest BCUT2D eigenvalue weighted by molar-refractivity contribution is 5.85. The summed E-state index contributed by atoms with van der Waals surface area (Å²) in [6.45, 7) is 6.07. The number of carbonyl (C=O) groups is 1. The van der Waals surface area contributed by atoms with Gasteiger partial charge in [0.1, 0.15) is 18.0 Å². The van der Waals surface area contributed by atoms with E-state index >= 15 is 0 Å². The summed E-state index contributed by atoms with van der Waals surface area (Å²) in [7, 11) is 0. The number of nitrogens with zero attached hydrogens (tertiary/aromatic N) is 4. The average Bonchev–Trinajstić information content (AvgIpc) is 2.87. The van der Waals surface area contributed by atoms with Gasteiger partial charge in [0.05, 0.1) is 0 Å². The van der Waals surface area contributed by atoms with Gasteiger partial charge in [-0.3, -0.25) is 4.57 Å². The Hall–Kier alpha value is -2.24. The molecule has 0 atom stereocenters. The van der Waals surface area contributed by atoms with Gasteiger partial charge in [-0.05, 0) is 6.42 Å². The molecule has 0 aromatic carbocycles. The molecule has 0 amide bonds. The van der Waals surface area contributed by atoms with Crippen LogP contribution in [0, 0.1) is 0 Å². The number of aromatic nitrogens is 4.